The Morgan fingerprint density at radius 1 is 1.31 bits per heavy atom. The minimum Gasteiger partial charge on any atom is -0.481 e. The maximum Gasteiger partial charge on any atom is 0.306 e. The molecule has 0 aromatic rings. The maximum absolute atomic E-state index is 10.7. The first kappa shape index (κ1) is 9.04. The molecule has 2 fully saturated rings. The molecule has 2 aliphatic carbocycles. The van der Waals surface area contributed by atoms with Crippen LogP contribution in [0.5, 0.6) is 0 Å². The number of aliphatic carboxylic acids is 1. The van der Waals surface area contributed by atoms with Gasteiger partial charge in [-0.2, -0.15) is 0 Å². The van der Waals surface area contributed by atoms with Crippen molar-refractivity contribution < 1.29 is 9.90 Å². The number of hydrogen-bond donors (Lipinski definition) is 1. The molecule has 2 aliphatic rings. The molecule has 74 valence electrons. The third-order valence-corrected chi connectivity index (χ3v) is 3.74. The van der Waals surface area contributed by atoms with E-state index in [2.05, 4.69) is 6.92 Å². The van der Waals surface area contributed by atoms with Gasteiger partial charge in [0.05, 0.1) is 5.92 Å². The van der Waals surface area contributed by atoms with E-state index in [0.717, 1.165) is 18.3 Å². The van der Waals surface area contributed by atoms with Crippen molar-refractivity contribution in [1.82, 2.24) is 0 Å². The fourth-order valence-electron chi connectivity index (χ4n) is 2.89. The van der Waals surface area contributed by atoms with Gasteiger partial charge >= 0.3 is 5.97 Å². The highest BCUT2D eigenvalue weighted by molar-refractivity contribution is 5.73. The summed E-state index contributed by atoms with van der Waals surface area (Å²) in [5.74, 6) is 1.53. The zero-order valence-electron chi connectivity index (χ0n) is 8.20. The first-order valence-electron chi connectivity index (χ1n) is 5.41. The van der Waals surface area contributed by atoms with Gasteiger partial charge in [0.25, 0.3) is 0 Å². The fraction of sp³-hybridized carbons (Fsp3) is 0.909. The summed E-state index contributed by atoms with van der Waals surface area (Å²) in [6.07, 6.45) is 6.16. The van der Waals surface area contributed by atoms with Crippen LogP contribution < -0.4 is 0 Å². The summed E-state index contributed by atoms with van der Waals surface area (Å²) in [5, 5.41) is 8.82. The van der Waals surface area contributed by atoms with Crippen LogP contribution in [0.4, 0.5) is 0 Å². The molecule has 0 spiro atoms. The Bertz CT molecular complexity index is 212. The third-order valence-electron chi connectivity index (χ3n) is 3.74. The van der Waals surface area contributed by atoms with Gasteiger partial charge in [-0.05, 0) is 30.6 Å². The van der Waals surface area contributed by atoms with Gasteiger partial charge in [0.1, 0.15) is 0 Å². The van der Waals surface area contributed by atoms with E-state index < -0.39 is 5.97 Å². The van der Waals surface area contributed by atoms with Crippen LogP contribution in [0, 0.1) is 23.7 Å². The summed E-state index contributed by atoms with van der Waals surface area (Å²) in [7, 11) is 0. The molecule has 0 radical (unpaired) electrons. The summed E-state index contributed by atoms with van der Waals surface area (Å²) < 4.78 is 0. The van der Waals surface area contributed by atoms with E-state index in [0.29, 0.717) is 5.92 Å². The van der Waals surface area contributed by atoms with Crippen LogP contribution in [-0.2, 0) is 4.79 Å². The van der Waals surface area contributed by atoms with E-state index in [-0.39, 0.29) is 5.92 Å². The van der Waals surface area contributed by atoms with Gasteiger partial charge in [0.2, 0.25) is 0 Å². The lowest BCUT2D eigenvalue weighted by molar-refractivity contribution is -0.139. The molecule has 2 heteroatoms. The monoisotopic (exact) mass is 182 g/mol. The molecule has 0 saturated heterocycles. The molecule has 0 aliphatic heterocycles. The second-order valence-electron chi connectivity index (χ2n) is 4.88. The molecule has 13 heavy (non-hydrogen) atoms. The summed E-state index contributed by atoms with van der Waals surface area (Å²) >= 11 is 0. The quantitative estimate of drug-likeness (QED) is 0.712. The summed E-state index contributed by atoms with van der Waals surface area (Å²) in [6.45, 7) is 2.30. The molecule has 0 aromatic heterocycles. The zero-order valence-corrected chi connectivity index (χ0v) is 8.20. The predicted octanol–water partition coefficient (Wildman–Crippen LogP) is 2.53. The normalized spacial score (nSPS) is 44.4. The van der Waals surface area contributed by atoms with Crippen LogP contribution in [-0.4, -0.2) is 11.1 Å². The third kappa shape index (κ3) is 1.87. The Hall–Kier alpha value is -0.530. The van der Waals surface area contributed by atoms with Crippen molar-refractivity contribution in [1.29, 1.82) is 0 Å². The Kier molecular flexibility index (Phi) is 2.31. The van der Waals surface area contributed by atoms with E-state index in [1.54, 1.807) is 0 Å². The van der Waals surface area contributed by atoms with Crippen LogP contribution in [0.3, 0.4) is 0 Å². The SMILES string of the molecule is CC1CCCC(C2CC2C(=O)O)C1. The van der Waals surface area contributed by atoms with Crippen molar-refractivity contribution >= 4 is 5.97 Å². The average Bonchev–Trinajstić information content (AvgIpc) is 2.82. The minimum atomic E-state index is -0.566. The Morgan fingerprint density at radius 3 is 2.62 bits per heavy atom. The topological polar surface area (TPSA) is 37.3 Å². The van der Waals surface area contributed by atoms with Gasteiger partial charge in [0.15, 0.2) is 0 Å². The molecular weight excluding hydrogens is 164 g/mol. The average molecular weight is 182 g/mol. The van der Waals surface area contributed by atoms with E-state index in [1.807, 2.05) is 0 Å². The molecule has 2 rings (SSSR count). The number of carboxylic acid groups (broad SMARTS) is 1. The minimum absolute atomic E-state index is 0.00954. The largest absolute Gasteiger partial charge is 0.481 e. The Balaban J connectivity index is 1.85. The number of carbonyl (C=O) groups is 1. The highest BCUT2D eigenvalue weighted by Gasteiger charge is 2.48. The smallest absolute Gasteiger partial charge is 0.306 e. The van der Waals surface area contributed by atoms with Crippen LogP contribution in [0.15, 0.2) is 0 Å². The summed E-state index contributed by atoms with van der Waals surface area (Å²) in [4.78, 5) is 10.7. The van der Waals surface area contributed by atoms with Gasteiger partial charge in [0, 0.05) is 0 Å². The summed E-state index contributed by atoms with van der Waals surface area (Å²) in [5.41, 5.74) is 0. The summed E-state index contributed by atoms with van der Waals surface area (Å²) in [6, 6.07) is 0. The highest BCUT2D eigenvalue weighted by atomic mass is 16.4. The first-order chi connectivity index (χ1) is 6.18. The van der Waals surface area contributed by atoms with Gasteiger partial charge in [-0.1, -0.05) is 26.2 Å². The van der Waals surface area contributed by atoms with Crippen LogP contribution >= 0.6 is 0 Å². The lowest BCUT2D eigenvalue weighted by Gasteiger charge is -2.26. The van der Waals surface area contributed by atoms with E-state index in [4.69, 9.17) is 5.11 Å². The van der Waals surface area contributed by atoms with Crippen LogP contribution in [0.25, 0.3) is 0 Å². The van der Waals surface area contributed by atoms with Crippen LogP contribution in [0.1, 0.15) is 39.0 Å². The lowest BCUT2D eigenvalue weighted by Crippen LogP contribution is -2.17. The van der Waals surface area contributed by atoms with E-state index in [9.17, 15) is 4.79 Å². The Labute approximate surface area is 79.3 Å². The standard InChI is InChI=1S/C11H18O2/c1-7-3-2-4-8(5-7)9-6-10(9)11(12)13/h7-10H,2-6H2,1H3,(H,12,13). The molecule has 0 amide bonds. The fourth-order valence-corrected chi connectivity index (χ4v) is 2.89. The molecule has 0 bridgehead atoms. The van der Waals surface area contributed by atoms with Crippen LogP contribution in [0.2, 0.25) is 0 Å². The lowest BCUT2D eigenvalue weighted by atomic mass is 9.79. The molecule has 2 saturated carbocycles. The molecule has 0 aromatic carbocycles. The first-order valence-corrected chi connectivity index (χ1v) is 5.41. The molecule has 0 heterocycles. The number of hydrogen-bond acceptors (Lipinski definition) is 1. The highest BCUT2D eigenvalue weighted by Crippen LogP contribution is 2.50. The van der Waals surface area contributed by atoms with Gasteiger partial charge in [-0.3, -0.25) is 4.79 Å². The van der Waals surface area contributed by atoms with E-state index in [1.165, 1.54) is 25.7 Å². The van der Waals surface area contributed by atoms with Gasteiger partial charge < -0.3 is 5.11 Å². The van der Waals surface area contributed by atoms with Gasteiger partial charge in [-0.25, -0.2) is 0 Å². The second kappa shape index (κ2) is 3.32. The number of carboxylic acids is 1. The zero-order chi connectivity index (χ0) is 9.42. The van der Waals surface area contributed by atoms with Gasteiger partial charge in [-0.15, -0.1) is 0 Å². The van der Waals surface area contributed by atoms with Crippen molar-refractivity contribution in [3.63, 3.8) is 0 Å². The molecular formula is C11H18O2. The maximum atomic E-state index is 10.7. The van der Waals surface area contributed by atoms with Crippen molar-refractivity contribution in [3.8, 4) is 0 Å². The van der Waals surface area contributed by atoms with E-state index >= 15 is 0 Å². The molecule has 1 N–H and O–H groups in total. The molecule has 4 unspecified atom stereocenters. The van der Waals surface area contributed by atoms with Crippen molar-refractivity contribution in [2.45, 2.75) is 39.0 Å². The second-order valence-corrected chi connectivity index (χ2v) is 4.88. The van der Waals surface area contributed by atoms with Crippen molar-refractivity contribution in [3.05, 3.63) is 0 Å². The molecule has 4 atom stereocenters. The van der Waals surface area contributed by atoms with Crippen molar-refractivity contribution in [2.75, 3.05) is 0 Å². The number of rotatable bonds is 2. The molecule has 2 nitrogen and oxygen atoms in total. The Morgan fingerprint density at radius 2 is 2.08 bits per heavy atom. The predicted molar refractivity (Wildman–Crippen MR) is 50.4 cm³/mol. The van der Waals surface area contributed by atoms with Crippen molar-refractivity contribution in [2.24, 2.45) is 23.7 Å².